The zero-order chi connectivity index (χ0) is 13.8. The highest BCUT2D eigenvalue weighted by atomic mass is 19.1. The summed E-state index contributed by atoms with van der Waals surface area (Å²) < 4.78 is 13.9. The van der Waals surface area contributed by atoms with Crippen LogP contribution in [0.3, 0.4) is 0 Å². The van der Waals surface area contributed by atoms with Crippen molar-refractivity contribution >= 4 is 11.8 Å². The number of carboxylic acid groups (broad SMARTS) is 1. The summed E-state index contributed by atoms with van der Waals surface area (Å²) in [5, 5.41) is 10.7. The first-order valence-electron chi connectivity index (χ1n) is 6.24. The van der Waals surface area contributed by atoms with Gasteiger partial charge >= 0.3 is 6.09 Å². The largest absolute Gasteiger partial charge is 0.465 e. The van der Waals surface area contributed by atoms with Gasteiger partial charge in [0.1, 0.15) is 5.82 Å². The summed E-state index contributed by atoms with van der Waals surface area (Å²) in [6, 6.07) is 4.45. The van der Waals surface area contributed by atoms with Gasteiger partial charge in [-0.05, 0) is 19.2 Å². The van der Waals surface area contributed by atoms with E-state index in [0.29, 0.717) is 12.1 Å². The maximum Gasteiger partial charge on any atom is 0.409 e. The van der Waals surface area contributed by atoms with Crippen LogP contribution in [0.1, 0.15) is 5.56 Å². The lowest BCUT2D eigenvalue weighted by Gasteiger charge is -2.32. The van der Waals surface area contributed by atoms with E-state index in [0.717, 1.165) is 26.2 Å². The molecule has 104 valence electrons. The van der Waals surface area contributed by atoms with Crippen molar-refractivity contribution in [1.82, 2.24) is 9.80 Å². The monoisotopic (exact) mass is 267 g/mol. The molecule has 0 spiro atoms. The molecule has 1 aromatic rings. The molecule has 1 aromatic carbocycles. The fourth-order valence-corrected chi connectivity index (χ4v) is 2.12. The molecule has 1 heterocycles. The van der Waals surface area contributed by atoms with Crippen LogP contribution < -0.4 is 5.32 Å². The summed E-state index contributed by atoms with van der Waals surface area (Å²) in [6.07, 6.45) is -1.19. The number of carbonyl (C=O) groups is 1. The smallest absolute Gasteiger partial charge is 0.409 e. The molecule has 2 N–H and O–H groups in total. The molecule has 19 heavy (non-hydrogen) atoms. The first-order valence-corrected chi connectivity index (χ1v) is 6.24. The van der Waals surface area contributed by atoms with Crippen molar-refractivity contribution < 1.29 is 14.3 Å². The lowest BCUT2D eigenvalue weighted by atomic mass is 10.1. The SMILES string of the molecule is CN1CCN(Cc2ccc(NC(=O)O)cc2F)CC1. The number of benzene rings is 1. The Labute approximate surface area is 111 Å². The van der Waals surface area contributed by atoms with Gasteiger partial charge in [-0.1, -0.05) is 6.07 Å². The molecular weight excluding hydrogens is 249 g/mol. The van der Waals surface area contributed by atoms with Gasteiger partial charge in [0.05, 0.1) is 0 Å². The molecule has 0 saturated carbocycles. The highest BCUT2D eigenvalue weighted by molar-refractivity contribution is 5.82. The van der Waals surface area contributed by atoms with E-state index in [1.54, 1.807) is 12.1 Å². The summed E-state index contributed by atoms with van der Waals surface area (Å²) in [7, 11) is 2.07. The van der Waals surface area contributed by atoms with Crippen molar-refractivity contribution in [3.8, 4) is 0 Å². The zero-order valence-electron chi connectivity index (χ0n) is 10.9. The summed E-state index contributed by atoms with van der Waals surface area (Å²) in [6.45, 7) is 4.38. The van der Waals surface area contributed by atoms with Crippen LogP contribution in [-0.2, 0) is 6.54 Å². The van der Waals surface area contributed by atoms with Gasteiger partial charge in [-0.2, -0.15) is 0 Å². The number of likely N-dealkylation sites (N-methyl/N-ethyl adjacent to an activating group) is 1. The maximum atomic E-state index is 13.9. The van der Waals surface area contributed by atoms with Gasteiger partial charge in [0, 0.05) is 44.0 Å². The number of anilines is 1. The third-order valence-electron chi connectivity index (χ3n) is 3.29. The maximum absolute atomic E-state index is 13.9. The van der Waals surface area contributed by atoms with Gasteiger partial charge in [0.15, 0.2) is 0 Å². The second-order valence-electron chi connectivity index (χ2n) is 4.82. The minimum absolute atomic E-state index is 0.257. The lowest BCUT2D eigenvalue weighted by Crippen LogP contribution is -2.44. The van der Waals surface area contributed by atoms with Crippen LogP contribution in [0.25, 0.3) is 0 Å². The van der Waals surface area contributed by atoms with Crippen molar-refractivity contribution in [1.29, 1.82) is 0 Å². The Morgan fingerprint density at radius 2 is 2.05 bits per heavy atom. The third kappa shape index (κ3) is 3.90. The minimum atomic E-state index is -1.19. The molecule has 0 unspecified atom stereocenters. The molecule has 1 amide bonds. The second-order valence-corrected chi connectivity index (χ2v) is 4.82. The summed E-state index contributed by atoms with van der Waals surface area (Å²) in [4.78, 5) is 14.9. The van der Waals surface area contributed by atoms with Gasteiger partial charge < -0.3 is 10.0 Å². The van der Waals surface area contributed by atoms with E-state index in [9.17, 15) is 9.18 Å². The molecule has 0 bridgehead atoms. The van der Waals surface area contributed by atoms with Crippen LogP contribution in [0, 0.1) is 5.82 Å². The quantitative estimate of drug-likeness (QED) is 0.874. The Morgan fingerprint density at radius 3 is 2.63 bits per heavy atom. The van der Waals surface area contributed by atoms with Crippen LogP contribution in [0.15, 0.2) is 18.2 Å². The van der Waals surface area contributed by atoms with E-state index in [2.05, 4.69) is 22.2 Å². The molecule has 0 atom stereocenters. The molecule has 6 heteroatoms. The zero-order valence-corrected chi connectivity index (χ0v) is 10.9. The van der Waals surface area contributed by atoms with Crippen molar-refractivity contribution in [2.75, 3.05) is 38.5 Å². The van der Waals surface area contributed by atoms with E-state index >= 15 is 0 Å². The second kappa shape index (κ2) is 5.99. The van der Waals surface area contributed by atoms with Crippen LogP contribution in [0.5, 0.6) is 0 Å². The Morgan fingerprint density at radius 1 is 1.37 bits per heavy atom. The molecule has 0 radical (unpaired) electrons. The average molecular weight is 267 g/mol. The van der Waals surface area contributed by atoms with E-state index < -0.39 is 6.09 Å². The Balaban J connectivity index is 1.99. The number of hydrogen-bond donors (Lipinski definition) is 2. The van der Waals surface area contributed by atoms with Crippen LogP contribution in [-0.4, -0.2) is 54.2 Å². The highest BCUT2D eigenvalue weighted by Gasteiger charge is 2.15. The Kier molecular flexibility index (Phi) is 4.34. The van der Waals surface area contributed by atoms with E-state index in [1.807, 2.05) is 0 Å². The topological polar surface area (TPSA) is 55.8 Å². The first-order chi connectivity index (χ1) is 9.04. The summed E-state index contributed by atoms with van der Waals surface area (Å²) in [5.41, 5.74) is 0.854. The predicted molar refractivity (Wildman–Crippen MR) is 70.8 cm³/mol. The van der Waals surface area contributed by atoms with Crippen molar-refractivity contribution in [2.24, 2.45) is 0 Å². The van der Waals surface area contributed by atoms with E-state index in [1.165, 1.54) is 6.07 Å². The average Bonchev–Trinajstić information content (AvgIpc) is 2.34. The van der Waals surface area contributed by atoms with E-state index in [4.69, 9.17) is 5.11 Å². The number of halogens is 1. The van der Waals surface area contributed by atoms with Gasteiger partial charge in [-0.15, -0.1) is 0 Å². The summed E-state index contributed by atoms with van der Waals surface area (Å²) >= 11 is 0. The Bertz CT molecular complexity index is 459. The molecule has 0 aliphatic carbocycles. The highest BCUT2D eigenvalue weighted by Crippen LogP contribution is 2.17. The van der Waals surface area contributed by atoms with Crippen molar-refractivity contribution in [2.45, 2.75) is 6.54 Å². The fourth-order valence-electron chi connectivity index (χ4n) is 2.12. The Hall–Kier alpha value is -1.66. The normalized spacial score (nSPS) is 17.4. The molecule has 0 aromatic heterocycles. The van der Waals surface area contributed by atoms with Crippen LogP contribution >= 0.6 is 0 Å². The van der Waals surface area contributed by atoms with Gasteiger partial charge in [0.25, 0.3) is 0 Å². The molecule has 1 aliphatic heterocycles. The first kappa shape index (κ1) is 13.8. The molecule has 1 fully saturated rings. The van der Waals surface area contributed by atoms with Gasteiger partial charge in [-0.25, -0.2) is 9.18 Å². The standard InChI is InChI=1S/C13H18FN3O2/c1-16-4-6-17(7-5-16)9-10-2-3-11(8-12(10)14)15-13(18)19/h2-3,8,15H,4-7,9H2,1H3,(H,18,19). The minimum Gasteiger partial charge on any atom is -0.465 e. The number of rotatable bonds is 3. The lowest BCUT2D eigenvalue weighted by molar-refractivity contribution is 0.147. The predicted octanol–water partition coefficient (Wildman–Crippen LogP) is 1.66. The van der Waals surface area contributed by atoms with Crippen LogP contribution in [0.2, 0.25) is 0 Å². The molecule has 2 rings (SSSR count). The van der Waals surface area contributed by atoms with E-state index in [-0.39, 0.29) is 11.5 Å². The number of hydrogen-bond acceptors (Lipinski definition) is 3. The fraction of sp³-hybridized carbons (Fsp3) is 0.462. The third-order valence-corrected chi connectivity index (χ3v) is 3.29. The molecule has 1 saturated heterocycles. The number of amides is 1. The van der Waals surface area contributed by atoms with Gasteiger partial charge in [-0.3, -0.25) is 10.2 Å². The van der Waals surface area contributed by atoms with Crippen molar-refractivity contribution in [3.63, 3.8) is 0 Å². The number of piperazine rings is 1. The number of nitrogens with zero attached hydrogens (tertiary/aromatic N) is 2. The summed E-state index contributed by atoms with van der Waals surface area (Å²) in [5.74, 6) is -0.370. The molecule has 5 nitrogen and oxygen atoms in total. The van der Waals surface area contributed by atoms with Gasteiger partial charge in [0.2, 0.25) is 0 Å². The molecule has 1 aliphatic rings. The number of nitrogens with one attached hydrogen (secondary N) is 1. The van der Waals surface area contributed by atoms with Crippen molar-refractivity contribution in [3.05, 3.63) is 29.6 Å². The molecular formula is C13H18FN3O2. The van der Waals surface area contributed by atoms with Crippen LogP contribution in [0.4, 0.5) is 14.9 Å².